The van der Waals surface area contributed by atoms with E-state index in [9.17, 15) is 9.18 Å². The summed E-state index contributed by atoms with van der Waals surface area (Å²) in [6.45, 7) is 0.274. The summed E-state index contributed by atoms with van der Waals surface area (Å²) < 4.78 is 24.3. The highest BCUT2D eigenvalue weighted by atomic mass is 19.1. The van der Waals surface area contributed by atoms with Crippen molar-refractivity contribution in [1.29, 1.82) is 0 Å². The molecule has 2 aromatic heterocycles. The minimum atomic E-state index is -0.919. The Morgan fingerprint density at radius 3 is 2.38 bits per heavy atom. The smallest absolute Gasteiger partial charge is 0.317 e. The van der Waals surface area contributed by atoms with E-state index < -0.39 is 11.8 Å². The van der Waals surface area contributed by atoms with Gasteiger partial charge in [-0.25, -0.2) is 4.39 Å². The van der Waals surface area contributed by atoms with E-state index >= 15 is 0 Å². The molecule has 132 valence electrons. The Morgan fingerprint density at radius 2 is 1.69 bits per heavy atom. The number of carbonyl (C=O) groups is 1. The summed E-state index contributed by atoms with van der Waals surface area (Å²) in [5, 5.41) is 14.3. The van der Waals surface area contributed by atoms with E-state index in [-0.39, 0.29) is 18.6 Å². The molecule has 2 aromatic carbocycles. The van der Waals surface area contributed by atoms with Crippen LogP contribution in [0.1, 0.15) is 5.56 Å². The number of hydrogen-bond donors (Lipinski definition) is 3. The number of hydrogen-bond acceptors (Lipinski definition) is 7. The zero-order valence-electron chi connectivity index (χ0n) is 13.3. The van der Waals surface area contributed by atoms with E-state index in [1.165, 1.54) is 18.2 Å². The number of carboxylic acid groups (broad SMARTS) is 1. The molecular weight excluding hydrogens is 343 g/mol. The lowest BCUT2D eigenvalue weighted by atomic mass is 10.2. The molecule has 9 heteroatoms. The fourth-order valence-electron chi connectivity index (χ4n) is 2.50. The summed E-state index contributed by atoms with van der Waals surface area (Å²) in [5.41, 5.74) is 2.85. The van der Waals surface area contributed by atoms with Crippen LogP contribution < -0.4 is 10.6 Å². The molecule has 0 bridgehead atoms. The molecule has 0 radical (unpaired) electrons. The predicted octanol–water partition coefficient (Wildman–Crippen LogP) is 3.03. The van der Waals surface area contributed by atoms with Gasteiger partial charge in [0.25, 0.3) is 0 Å². The lowest BCUT2D eigenvalue weighted by Crippen LogP contribution is -2.21. The molecule has 4 rings (SSSR count). The molecule has 0 saturated heterocycles. The van der Waals surface area contributed by atoms with Gasteiger partial charge in [-0.05, 0) is 29.8 Å². The zero-order chi connectivity index (χ0) is 18.1. The Morgan fingerprint density at radius 1 is 1.04 bits per heavy atom. The van der Waals surface area contributed by atoms with Crippen molar-refractivity contribution in [1.82, 2.24) is 15.3 Å². The first-order valence-electron chi connectivity index (χ1n) is 7.72. The Bertz CT molecular complexity index is 1100. The molecule has 8 nitrogen and oxygen atoms in total. The SMILES string of the molecule is O=C(O)CNCc1ccc2oc(Nc3nc4cc(F)ccc4o3)nc2c1. The number of fused-ring (bicyclic) bond motifs is 2. The maximum absolute atomic E-state index is 13.2. The van der Waals surface area contributed by atoms with Gasteiger partial charge in [0.05, 0.1) is 6.54 Å². The van der Waals surface area contributed by atoms with Gasteiger partial charge in [-0.1, -0.05) is 6.07 Å². The number of rotatable bonds is 6. The van der Waals surface area contributed by atoms with Gasteiger partial charge in [-0.15, -0.1) is 0 Å². The van der Waals surface area contributed by atoms with Crippen LogP contribution in [0, 0.1) is 5.82 Å². The average Bonchev–Trinajstić information content (AvgIpc) is 3.16. The van der Waals surface area contributed by atoms with E-state index in [4.69, 9.17) is 13.9 Å². The number of aromatic nitrogens is 2. The van der Waals surface area contributed by atoms with Crippen molar-refractivity contribution in [2.24, 2.45) is 0 Å². The van der Waals surface area contributed by atoms with Crippen molar-refractivity contribution in [2.45, 2.75) is 6.54 Å². The molecule has 26 heavy (non-hydrogen) atoms. The molecule has 0 spiro atoms. The van der Waals surface area contributed by atoms with Crippen LogP contribution in [0.2, 0.25) is 0 Å². The van der Waals surface area contributed by atoms with E-state index in [1.54, 1.807) is 12.1 Å². The molecule has 3 N–H and O–H groups in total. The molecule has 0 amide bonds. The second-order valence-electron chi connectivity index (χ2n) is 5.57. The lowest BCUT2D eigenvalue weighted by Gasteiger charge is -2.01. The Hall–Kier alpha value is -3.46. The molecule has 0 aliphatic rings. The molecule has 0 aliphatic heterocycles. The van der Waals surface area contributed by atoms with E-state index in [2.05, 4.69) is 20.6 Å². The maximum atomic E-state index is 13.2. The van der Waals surface area contributed by atoms with Crippen molar-refractivity contribution in [3.8, 4) is 0 Å². The Kier molecular flexibility index (Phi) is 3.98. The van der Waals surface area contributed by atoms with E-state index in [0.29, 0.717) is 28.7 Å². The second kappa shape index (κ2) is 6.45. The molecule has 0 aliphatic carbocycles. The maximum Gasteiger partial charge on any atom is 0.317 e. The standard InChI is InChI=1S/C17H13FN4O4/c18-10-2-4-14-12(6-10)21-17(26-14)22-16-20-11-5-9(1-3-13(11)25-16)7-19-8-15(23)24/h1-6,19H,7-8H2,(H,23,24)(H,20,21,22). The van der Waals surface area contributed by atoms with Gasteiger partial charge in [0.1, 0.15) is 16.9 Å². The molecule has 0 atom stereocenters. The van der Waals surface area contributed by atoms with Crippen LogP contribution in [0.5, 0.6) is 0 Å². The highest BCUT2D eigenvalue weighted by molar-refractivity contribution is 5.77. The number of benzene rings is 2. The number of halogens is 1. The van der Waals surface area contributed by atoms with Gasteiger partial charge in [-0.3, -0.25) is 10.1 Å². The first-order chi connectivity index (χ1) is 12.6. The molecular formula is C17H13FN4O4. The van der Waals surface area contributed by atoms with Crippen molar-refractivity contribution in [2.75, 3.05) is 11.9 Å². The van der Waals surface area contributed by atoms with Crippen molar-refractivity contribution >= 4 is 40.2 Å². The van der Waals surface area contributed by atoms with Crippen molar-refractivity contribution in [3.05, 3.63) is 47.8 Å². The van der Waals surface area contributed by atoms with Crippen LogP contribution in [0.3, 0.4) is 0 Å². The van der Waals surface area contributed by atoms with Crippen LogP contribution in [-0.2, 0) is 11.3 Å². The highest BCUT2D eigenvalue weighted by Gasteiger charge is 2.11. The fourth-order valence-corrected chi connectivity index (χ4v) is 2.50. The van der Waals surface area contributed by atoms with Crippen LogP contribution in [0.25, 0.3) is 22.2 Å². The topological polar surface area (TPSA) is 113 Å². The van der Waals surface area contributed by atoms with Gasteiger partial charge >= 0.3 is 18.0 Å². The third kappa shape index (κ3) is 3.33. The normalized spacial score (nSPS) is 11.3. The summed E-state index contributed by atoms with van der Waals surface area (Å²) in [4.78, 5) is 19.0. The highest BCUT2D eigenvalue weighted by Crippen LogP contribution is 2.25. The molecule has 0 fully saturated rings. The quantitative estimate of drug-likeness (QED) is 0.483. The van der Waals surface area contributed by atoms with E-state index in [0.717, 1.165) is 5.56 Å². The zero-order valence-corrected chi connectivity index (χ0v) is 13.3. The molecule has 0 unspecified atom stereocenters. The number of nitrogens with zero attached hydrogens (tertiary/aromatic N) is 2. The monoisotopic (exact) mass is 356 g/mol. The lowest BCUT2D eigenvalue weighted by molar-refractivity contribution is -0.135. The third-order valence-electron chi connectivity index (χ3n) is 3.62. The summed E-state index contributed by atoms with van der Waals surface area (Å²) in [5.74, 6) is -1.32. The number of carboxylic acids is 1. The molecule has 4 aromatic rings. The van der Waals surface area contributed by atoms with Crippen LogP contribution in [-0.4, -0.2) is 27.6 Å². The van der Waals surface area contributed by atoms with Gasteiger partial charge in [0, 0.05) is 12.6 Å². The summed E-state index contributed by atoms with van der Waals surface area (Å²) in [7, 11) is 0. The van der Waals surface area contributed by atoms with Crippen LogP contribution in [0.15, 0.2) is 45.2 Å². The third-order valence-corrected chi connectivity index (χ3v) is 3.62. The number of oxazole rings is 2. The average molecular weight is 356 g/mol. The number of aliphatic carboxylic acids is 1. The number of nitrogens with one attached hydrogen (secondary N) is 2. The second-order valence-corrected chi connectivity index (χ2v) is 5.57. The summed E-state index contributed by atoms with van der Waals surface area (Å²) in [6.07, 6.45) is 0. The predicted molar refractivity (Wildman–Crippen MR) is 90.6 cm³/mol. The summed E-state index contributed by atoms with van der Waals surface area (Å²) >= 11 is 0. The minimum absolute atomic E-state index is 0.123. The van der Waals surface area contributed by atoms with Gasteiger partial charge in [-0.2, -0.15) is 9.97 Å². The fraction of sp³-hybridized carbons (Fsp3) is 0.118. The van der Waals surface area contributed by atoms with Crippen LogP contribution >= 0.6 is 0 Å². The van der Waals surface area contributed by atoms with Gasteiger partial charge in [0.15, 0.2) is 11.2 Å². The molecule has 2 heterocycles. The Labute approximate surface area is 145 Å². The van der Waals surface area contributed by atoms with Crippen LogP contribution in [0.4, 0.5) is 16.4 Å². The Balaban J connectivity index is 1.53. The van der Waals surface area contributed by atoms with Gasteiger partial charge < -0.3 is 19.3 Å². The number of anilines is 2. The van der Waals surface area contributed by atoms with Crippen molar-refractivity contribution in [3.63, 3.8) is 0 Å². The largest absolute Gasteiger partial charge is 0.480 e. The first kappa shape index (κ1) is 16.0. The minimum Gasteiger partial charge on any atom is -0.480 e. The first-order valence-corrected chi connectivity index (χ1v) is 7.72. The van der Waals surface area contributed by atoms with E-state index in [1.807, 2.05) is 6.07 Å². The van der Waals surface area contributed by atoms with Crippen molar-refractivity contribution < 1.29 is 23.1 Å². The molecule has 0 saturated carbocycles. The summed E-state index contributed by atoms with van der Waals surface area (Å²) in [6, 6.07) is 9.72. The van der Waals surface area contributed by atoms with Gasteiger partial charge in [0.2, 0.25) is 0 Å².